The first-order valence-corrected chi connectivity index (χ1v) is 9.15. The normalized spacial score (nSPS) is 11.6. The lowest BCUT2D eigenvalue weighted by molar-refractivity contribution is 0.586. The van der Waals surface area contributed by atoms with Crippen LogP contribution in [0.4, 0.5) is 0 Å². The topological polar surface area (TPSA) is 46.2 Å². The number of hydrogen-bond donors (Lipinski definition) is 1. The fraction of sp³-hybridized carbons (Fsp3) is 0.231. The molecule has 0 saturated carbocycles. The third-order valence-electron chi connectivity index (χ3n) is 2.44. The van der Waals surface area contributed by atoms with Gasteiger partial charge in [0.05, 0.1) is 0 Å². The van der Waals surface area contributed by atoms with Gasteiger partial charge in [-0.2, -0.15) is 0 Å². The van der Waals surface area contributed by atoms with Crippen LogP contribution in [0.2, 0.25) is 0 Å². The molecule has 0 bridgehead atoms. The van der Waals surface area contributed by atoms with Crippen molar-refractivity contribution in [1.29, 1.82) is 0 Å². The third kappa shape index (κ3) is 4.35. The van der Waals surface area contributed by atoms with Crippen LogP contribution in [0, 0.1) is 6.92 Å². The Morgan fingerprint density at radius 2 is 1.95 bits per heavy atom. The molecule has 1 heterocycles. The zero-order valence-corrected chi connectivity index (χ0v) is 12.9. The van der Waals surface area contributed by atoms with Gasteiger partial charge in [0.15, 0.2) is 0 Å². The second-order valence-corrected chi connectivity index (χ2v) is 8.10. The van der Waals surface area contributed by atoms with Gasteiger partial charge in [0.1, 0.15) is 4.21 Å². The van der Waals surface area contributed by atoms with Gasteiger partial charge in [-0.25, -0.2) is 13.1 Å². The molecular weight excluding hydrogens is 298 g/mol. The maximum absolute atomic E-state index is 11.8. The molecule has 1 aromatic heterocycles. The summed E-state index contributed by atoms with van der Waals surface area (Å²) in [5.74, 6) is 0.716. The highest BCUT2D eigenvalue weighted by Gasteiger charge is 2.13. The first-order chi connectivity index (χ1) is 9.08. The van der Waals surface area contributed by atoms with Crippen molar-refractivity contribution < 1.29 is 8.42 Å². The Kier molecular flexibility index (Phi) is 5.04. The summed E-state index contributed by atoms with van der Waals surface area (Å²) in [5.41, 5.74) is 1.22. The molecule has 1 N–H and O–H groups in total. The molecule has 0 unspecified atom stereocenters. The van der Waals surface area contributed by atoms with Gasteiger partial charge < -0.3 is 0 Å². The molecule has 1 aromatic carbocycles. The predicted octanol–water partition coefficient (Wildman–Crippen LogP) is 3.13. The highest BCUT2D eigenvalue weighted by Crippen LogP contribution is 2.18. The molecule has 0 aliphatic rings. The number of aryl methyl sites for hydroxylation is 1. The minimum atomic E-state index is -3.32. The summed E-state index contributed by atoms with van der Waals surface area (Å²) in [4.78, 5) is 1.15. The molecule has 0 radical (unpaired) electrons. The Labute approximate surface area is 122 Å². The minimum Gasteiger partial charge on any atom is -0.210 e. The summed E-state index contributed by atoms with van der Waals surface area (Å²) in [7, 11) is -3.32. The molecule has 19 heavy (non-hydrogen) atoms. The lowest BCUT2D eigenvalue weighted by Gasteiger charge is -2.05. The molecule has 2 rings (SSSR count). The Balaban J connectivity index is 1.80. The zero-order valence-electron chi connectivity index (χ0n) is 10.5. The highest BCUT2D eigenvalue weighted by molar-refractivity contribution is 7.99. The maximum Gasteiger partial charge on any atom is 0.250 e. The summed E-state index contributed by atoms with van der Waals surface area (Å²) in [5, 5.41) is 1.76. The quantitative estimate of drug-likeness (QED) is 0.658. The second-order valence-electron chi connectivity index (χ2n) is 3.99. The van der Waals surface area contributed by atoms with Gasteiger partial charge in [-0.15, -0.1) is 23.1 Å². The molecule has 0 aliphatic heterocycles. The van der Waals surface area contributed by atoms with Gasteiger partial charge in [-0.05, 0) is 30.5 Å². The lowest BCUT2D eigenvalue weighted by Crippen LogP contribution is -2.25. The standard InChI is InChI=1S/C13H15NO2S3/c1-11-4-6-12(7-5-11)17-10-8-14-19(15,16)13-3-2-9-18-13/h2-7,9,14H,8,10H2,1H3. The number of hydrogen-bond acceptors (Lipinski definition) is 4. The molecule has 0 aliphatic carbocycles. The van der Waals surface area contributed by atoms with Crippen molar-refractivity contribution in [2.45, 2.75) is 16.0 Å². The van der Waals surface area contributed by atoms with Crippen LogP contribution in [0.5, 0.6) is 0 Å². The van der Waals surface area contributed by atoms with Gasteiger partial charge in [0.2, 0.25) is 10.0 Å². The van der Waals surface area contributed by atoms with Crippen molar-refractivity contribution >= 4 is 33.1 Å². The van der Waals surface area contributed by atoms with Crippen molar-refractivity contribution in [2.24, 2.45) is 0 Å². The molecule has 0 saturated heterocycles. The number of rotatable bonds is 6. The van der Waals surface area contributed by atoms with E-state index in [0.717, 1.165) is 4.90 Å². The van der Waals surface area contributed by atoms with Crippen LogP contribution < -0.4 is 4.72 Å². The second kappa shape index (κ2) is 6.56. The molecular formula is C13H15NO2S3. The van der Waals surface area contributed by atoms with Crippen molar-refractivity contribution in [3.8, 4) is 0 Å². The van der Waals surface area contributed by atoms with E-state index in [1.54, 1.807) is 29.3 Å². The number of benzene rings is 1. The summed E-state index contributed by atoms with van der Waals surface area (Å²) >= 11 is 2.87. The summed E-state index contributed by atoms with van der Waals surface area (Å²) in [6.07, 6.45) is 0. The van der Waals surface area contributed by atoms with E-state index >= 15 is 0 Å². The maximum atomic E-state index is 11.8. The van der Waals surface area contributed by atoms with Crippen LogP contribution in [-0.2, 0) is 10.0 Å². The molecule has 6 heteroatoms. The Bertz CT molecular complexity index is 604. The summed E-state index contributed by atoms with van der Waals surface area (Å²) in [6, 6.07) is 11.6. The monoisotopic (exact) mass is 313 g/mol. The molecule has 0 amide bonds. The zero-order chi connectivity index (χ0) is 13.7. The fourth-order valence-electron chi connectivity index (χ4n) is 1.47. The SMILES string of the molecule is Cc1ccc(SCCNS(=O)(=O)c2cccs2)cc1. The highest BCUT2D eigenvalue weighted by atomic mass is 32.2. The Morgan fingerprint density at radius 3 is 2.58 bits per heavy atom. The van der Waals surface area contributed by atoms with E-state index in [0.29, 0.717) is 16.5 Å². The Morgan fingerprint density at radius 1 is 1.21 bits per heavy atom. The van der Waals surface area contributed by atoms with Gasteiger partial charge in [-0.3, -0.25) is 0 Å². The van der Waals surface area contributed by atoms with Crippen molar-refractivity contribution in [3.05, 3.63) is 47.3 Å². The number of nitrogens with one attached hydrogen (secondary N) is 1. The van der Waals surface area contributed by atoms with Crippen LogP contribution in [-0.4, -0.2) is 20.7 Å². The predicted molar refractivity (Wildman–Crippen MR) is 81.4 cm³/mol. The summed E-state index contributed by atoms with van der Waals surface area (Å²) < 4.78 is 26.7. The Hall–Kier alpha value is -0.820. The molecule has 0 spiro atoms. The van der Waals surface area contributed by atoms with E-state index < -0.39 is 10.0 Å². The molecule has 3 nitrogen and oxygen atoms in total. The van der Waals surface area contributed by atoms with E-state index in [9.17, 15) is 8.42 Å². The van der Waals surface area contributed by atoms with Gasteiger partial charge in [-0.1, -0.05) is 23.8 Å². The largest absolute Gasteiger partial charge is 0.250 e. The third-order valence-corrected chi connectivity index (χ3v) is 6.32. The van der Waals surface area contributed by atoms with Crippen molar-refractivity contribution in [1.82, 2.24) is 4.72 Å². The van der Waals surface area contributed by atoms with E-state index in [1.807, 2.05) is 19.1 Å². The van der Waals surface area contributed by atoms with Gasteiger partial charge >= 0.3 is 0 Å². The molecule has 102 valence electrons. The first kappa shape index (κ1) is 14.6. The number of sulfonamides is 1. The van der Waals surface area contributed by atoms with E-state index in [2.05, 4.69) is 16.9 Å². The summed E-state index contributed by atoms with van der Waals surface area (Å²) in [6.45, 7) is 2.47. The molecule has 0 fully saturated rings. The van der Waals surface area contributed by atoms with Gasteiger partial charge in [0, 0.05) is 17.2 Å². The van der Waals surface area contributed by atoms with Crippen LogP contribution in [0.1, 0.15) is 5.56 Å². The number of thiophene rings is 1. The van der Waals surface area contributed by atoms with E-state index in [-0.39, 0.29) is 0 Å². The molecule has 2 aromatic rings. The smallest absolute Gasteiger partial charge is 0.210 e. The number of thioether (sulfide) groups is 1. The van der Waals surface area contributed by atoms with E-state index in [1.165, 1.54) is 16.9 Å². The van der Waals surface area contributed by atoms with Crippen LogP contribution in [0.3, 0.4) is 0 Å². The molecule has 0 atom stereocenters. The van der Waals surface area contributed by atoms with Crippen LogP contribution in [0.25, 0.3) is 0 Å². The van der Waals surface area contributed by atoms with E-state index in [4.69, 9.17) is 0 Å². The average molecular weight is 313 g/mol. The van der Waals surface area contributed by atoms with Crippen LogP contribution >= 0.6 is 23.1 Å². The average Bonchev–Trinajstić information content (AvgIpc) is 2.91. The van der Waals surface area contributed by atoms with Crippen molar-refractivity contribution in [3.63, 3.8) is 0 Å². The van der Waals surface area contributed by atoms with Gasteiger partial charge in [0.25, 0.3) is 0 Å². The van der Waals surface area contributed by atoms with Crippen LogP contribution in [0.15, 0.2) is 50.9 Å². The lowest BCUT2D eigenvalue weighted by atomic mass is 10.2. The first-order valence-electron chi connectivity index (χ1n) is 5.80. The minimum absolute atomic E-state index is 0.368. The fourth-order valence-corrected chi connectivity index (χ4v) is 4.43. The van der Waals surface area contributed by atoms with Crippen molar-refractivity contribution in [2.75, 3.05) is 12.3 Å².